The summed E-state index contributed by atoms with van der Waals surface area (Å²) in [7, 11) is 0. The molecule has 3 atom stereocenters. The van der Waals surface area contributed by atoms with Crippen LogP contribution >= 0.6 is 11.6 Å². The number of halogens is 1. The van der Waals surface area contributed by atoms with Gasteiger partial charge in [0.2, 0.25) is 17.2 Å². The molecule has 3 unspecified atom stereocenters. The minimum atomic E-state index is 0.189. The van der Waals surface area contributed by atoms with E-state index in [2.05, 4.69) is 39.1 Å². The lowest BCUT2D eigenvalue weighted by Gasteiger charge is -2.21. The molecular weight excluding hydrogens is 288 g/mol. The summed E-state index contributed by atoms with van der Waals surface area (Å²) in [6.45, 7) is 4.54. The number of rotatable bonds is 4. The molecule has 3 rings (SSSR count). The van der Waals surface area contributed by atoms with E-state index in [4.69, 9.17) is 11.6 Å². The second kappa shape index (κ2) is 5.97. The standard InChI is InChI=1S/C14H19ClN6/c1-3-10-4-5-11(9(10)2)17-13-18-12(15)19-14(20-13)21-7-6-16-8-21/h6-11H,3-5H2,1-2H3,(H,17,18,19,20). The summed E-state index contributed by atoms with van der Waals surface area (Å²) in [6.07, 6.45) is 8.71. The van der Waals surface area contributed by atoms with Crippen LogP contribution in [0, 0.1) is 11.8 Å². The maximum absolute atomic E-state index is 6.01. The van der Waals surface area contributed by atoms with E-state index >= 15 is 0 Å². The molecule has 0 spiro atoms. The van der Waals surface area contributed by atoms with Crippen LogP contribution in [-0.4, -0.2) is 30.5 Å². The monoisotopic (exact) mass is 306 g/mol. The quantitative estimate of drug-likeness (QED) is 0.940. The molecule has 1 fully saturated rings. The molecule has 7 heteroatoms. The molecule has 0 aliphatic heterocycles. The summed E-state index contributed by atoms with van der Waals surface area (Å²) in [4.78, 5) is 16.7. The molecule has 2 aromatic heterocycles. The smallest absolute Gasteiger partial charge is 0.241 e. The third-order valence-corrected chi connectivity index (χ3v) is 4.57. The van der Waals surface area contributed by atoms with Gasteiger partial charge in [-0.25, -0.2) is 4.98 Å². The van der Waals surface area contributed by atoms with Crippen LogP contribution in [0.25, 0.3) is 5.95 Å². The van der Waals surface area contributed by atoms with E-state index in [0.717, 1.165) is 12.3 Å². The van der Waals surface area contributed by atoms with Crippen molar-refractivity contribution >= 4 is 17.5 Å². The Bertz CT molecular complexity index is 600. The van der Waals surface area contributed by atoms with Gasteiger partial charge >= 0.3 is 0 Å². The summed E-state index contributed by atoms with van der Waals surface area (Å²) in [6, 6.07) is 0.393. The van der Waals surface area contributed by atoms with Crippen LogP contribution in [0.1, 0.15) is 33.1 Å². The molecule has 1 N–H and O–H groups in total. The Morgan fingerprint density at radius 1 is 1.33 bits per heavy atom. The van der Waals surface area contributed by atoms with E-state index in [0.29, 0.717) is 23.9 Å². The molecular formula is C14H19ClN6. The summed E-state index contributed by atoms with van der Waals surface area (Å²) >= 11 is 6.01. The summed E-state index contributed by atoms with van der Waals surface area (Å²) in [5, 5.41) is 3.61. The van der Waals surface area contributed by atoms with Crippen molar-refractivity contribution in [2.45, 2.75) is 39.2 Å². The molecule has 1 aliphatic rings. The van der Waals surface area contributed by atoms with Crippen molar-refractivity contribution in [3.05, 3.63) is 24.0 Å². The number of hydrogen-bond acceptors (Lipinski definition) is 5. The van der Waals surface area contributed by atoms with Gasteiger partial charge in [-0.15, -0.1) is 0 Å². The first-order valence-corrected chi connectivity index (χ1v) is 7.71. The number of nitrogens with one attached hydrogen (secondary N) is 1. The Kier molecular flexibility index (Phi) is 4.05. The predicted octanol–water partition coefficient (Wildman–Crippen LogP) is 2.95. The zero-order valence-corrected chi connectivity index (χ0v) is 13.0. The van der Waals surface area contributed by atoms with E-state index in [1.807, 2.05) is 0 Å². The number of hydrogen-bond donors (Lipinski definition) is 1. The molecule has 2 heterocycles. The highest BCUT2D eigenvalue weighted by Gasteiger charge is 2.32. The van der Waals surface area contributed by atoms with Crippen LogP contribution in [0.5, 0.6) is 0 Å². The molecule has 0 radical (unpaired) electrons. The number of aromatic nitrogens is 5. The van der Waals surface area contributed by atoms with Crippen LogP contribution in [0.4, 0.5) is 5.95 Å². The van der Waals surface area contributed by atoms with E-state index in [9.17, 15) is 0 Å². The minimum Gasteiger partial charge on any atom is -0.351 e. The van der Waals surface area contributed by atoms with Crippen molar-refractivity contribution < 1.29 is 0 Å². The highest BCUT2D eigenvalue weighted by Crippen LogP contribution is 2.35. The van der Waals surface area contributed by atoms with Crippen molar-refractivity contribution in [2.75, 3.05) is 5.32 Å². The van der Waals surface area contributed by atoms with Gasteiger partial charge in [-0.1, -0.05) is 20.3 Å². The van der Waals surface area contributed by atoms with E-state index < -0.39 is 0 Å². The molecule has 0 saturated heterocycles. The molecule has 1 saturated carbocycles. The van der Waals surface area contributed by atoms with Gasteiger partial charge in [0.25, 0.3) is 0 Å². The minimum absolute atomic E-state index is 0.189. The third-order valence-electron chi connectivity index (χ3n) is 4.40. The van der Waals surface area contributed by atoms with Crippen molar-refractivity contribution in [2.24, 2.45) is 11.8 Å². The Balaban J connectivity index is 1.80. The second-order valence-corrected chi connectivity index (χ2v) is 5.89. The molecule has 0 bridgehead atoms. The first-order valence-electron chi connectivity index (χ1n) is 7.33. The second-order valence-electron chi connectivity index (χ2n) is 5.55. The highest BCUT2D eigenvalue weighted by atomic mass is 35.5. The van der Waals surface area contributed by atoms with Gasteiger partial charge in [0, 0.05) is 18.4 Å². The molecule has 0 amide bonds. The maximum atomic E-state index is 6.01. The van der Waals surface area contributed by atoms with E-state index in [1.165, 1.54) is 12.8 Å². The van der Waals surface area contributed by atoms with Gasteiger partial charge in [-0.2, -0.15) is 15.0 Å². The average Bonchev–Trinajstić information content (AvgIpc) is 3.09. The largest absolute Gasteiger partial charge is 0.351 e. The lowest BCUT2D eigenvalue weighted by atomic mass is 9.94. The Morgan fingerprint density at radius 3 is 2.86 bits per heavy atom. The number of nitrogens with zero attached hydrogens (tertiary/aromatic N) is 5. The maximum Gasteiger partial charge on any atom is 0.241 e. The fourth-order valence-corrected chi connectivity index (χ4v) is 3.25. The van der Waals surface area contributed by atoms with Crippen LogP contribution in [0.2, 0.25) is 5.28 Å². The molecule has 6 nitrogen and oxygen atoms in total. The Labute approximate surface area is 129 Å². The van der Waals surface area contributed by atoms with Crippen molar-refractivity contribution in [3.63, 3.8) is 0 Å². The van der Waals surface area contributed by atoms with Crippen molar-refractivity contribution in [1.29, 1.82) is 0 Å². The lowest BCUT2D eigenvalue weighted by Crippen LogP contribution is -2.26. The Morgan fingerprint density at radius 2 is 2.19 bits per heavy atom. The molecule has 112 valence electrons. The normalized spacial score (nSPS) is 25.2. The van der Waals surface area contributed by atoms with Crippen LogP contribution in [0.15, 0.2) is 18.7 Å². The summed E-state index contributed by atoms with van der Waals surface area (Å²) in [5.74, 6) is 2.40. The first kappa shape index (κ1) is 14.3. The fraction of sp³-hybridized carbons (Fsp3) is 0.571. The topological polar surface area (TPSA) is 68.5 Å². The van der Waals surface area contributed by atoms with Gasteiger partial charge in [-0.3, -0.25) is 4.57 Å². The van der Waals surface area contributed by atoms with Crippen molar-refractivity contribution in [3.8, 4) is 5.95 Å². The van der Waals surface area contributed by atoms with Crippen LogP contribution < -0.4 is 5.32 Å². The molecule has 2 aromatic rings. The predicted molar refractivity (Wildman–Crippen MR) is 81.5 cm³/mol. The highest BCUT2D eigenvalue weighted by molar-refractivity contribution is 6.28. The number of anilines is 1. The van der Waals surface area contributed by atoms with E-state index in [1.54, 1.807) is 23.3 Å². The summed E-state index contributed by atoms with van der Waals surface area (Å²) < 4.78 is 1.71. The lowest BCUT2D eigenvalue weighted by molar-refractivity contribution is 0.391. The van der Waals surface area contributed by atoms with Crippen molar-refractivity contribution in [1.82, 2.24) is 24.5 Å². The van der Waals surface area contributed by atoms with Gasteiger partial charge < -0.3 is 5.32 Å². The zero-order chi connectivity index (χ0) is 14.8. The fourth-order valence-electron chi connectivity index (χ4n) is 3.09. The van der Waals surface area contributed by atoms with Gasteiger partial charge in [0.05, 0.1) is 0 Å². The Hall–Kier alpha value is -1.69. The average molecular weight is 307 g/mol. The zero-order valence-electron chi connectivity index (χ0n) is 12.2. The molecule has 0 aromatic carbocycles. The third kappa shape index (κ3) is 3.00. The first-order chi connectivity index (χ1) is 10.2. The number of imidazole rings is 1. The molecule has 21 heavy (non-hydrogen) atoms. The molecule has 1 aliphatic carbocycles. The van der Waals surface area contributed by atoms with E-state index in [-0.39, 0.29) is 5.28 Å². The van der Waals surface area contributed by atoms with Gasteiger partial charge in [0.1, 0.15) is 6.33 Å². The SMILES string of the molecule is CCC1CCC(Nc2nc(Cl)nc(-n3ccnc3)n2)C1C. The van der Waals surface area contributed by atoms with Crippen LogP contribution in [-0.2, 0) is 0 Å². The van der Waals surface area contributed by atoms with Gasteiger partial charge in [0.15, 0.2) is 0 Å². The summed E-state index contributed by atoms with van der Waals surface area (Å²) in [5.41, 5.74) is 0. The van der Waals surface area contributed by atoms with Crippen LogP contribution in [0.3, 0.4) is 0 Å². The van der Waals surface area contributed by atoms with Gasteiger partial charge in [-0.05, 0) is 36.3 Å².